The van der Waals surface area contributed by atoms with Crippen LogP contribution in [0.3, 0.4) is 0 Å². The highest BCUT2D eigenvalue weighted by Gasteiger charge is 2.09. The highest BCUT2D eigenvalue weighted by atomic mass is 16.5. The zero-order chi connectivity index (χ0) is 19.1. The molecule has 0 aliphatic carbocycles. The van der Waals surface area contributed by atoms with Gasteiger partial charge in [-0.05, 0) is 49.7 Å². The van der Waals surface area contributed by atoms with Gasteiger partial charge in [-0.1, -0.05) is 29.8 Å². The van der Waals surface area contributed by atoms with E-state index in [1.54, 1.807) is 12.3 Å². The molecule has 0 radical (unpaired) electrons. The minimum absolute atomic E-state index is 0.243. The van der Waals surface area contributed by atoms with E-state index in [0.717, 1.165) is 17.0 Å². The number of ether oxygens (including phenoxy) is 1. The highest BCUT2D eigenvalue weighted by Crippen LogP contribution is 2.18. The first-order valence-electron chi connectivity index (χ1n) is 8.80. The van der Waals surface area contributed by atoms with Crippen molar-refractivity contribution in [2.75, 3.05) is 11.9 Å². The minimum atomic E-state index is -0.243. The third-order valence-corrected chi connectivity index (χ3v) is 3.88. The number of carbonyl (C=O) groups excluding carboxylic acids is 1. The van der Waals surface area contributed by atoms with E-state index in [9.17, 15) is 4.79 Å². The fourth-order valence-corrected chi connectivity index (χ4v) is 2.45. The van der Waals surface area contributed by atoms with Gasteiger partial charge in [-0.25, -0.2) is 9.97 Å². The van der Waals surface area contributed by atoms with Gasteiger partial charge in [-0.3, -0.25) is 4.79 Å². The van der Waals surface area contributed by atoms with Crippen LogP contribution in [0, 0.1) is 6.92 Å². The number of aromatic nitrogens is 2. The summed E-state index contributed by atoms with van der Waals surface area (Å²) < 4.78 is 5.42. The number of carbonyl (C=O) groups is 1. The van der Waals surface area contributed by atoms with Crippen molar-refractivity contribution in [1.29, 1.82) is 0 Å². The quantitative estimate of drug-likeness (QED) is 0.667. The molecule has 0 aliphatic rings. The van der Waals surface area contributed by atoms with Gasteiger partial charge in [0.05, 0.1) is 6.61 Å². The molecule has 3 aromatic rings. The molecule has 0 unspecified atom stereocenters. The predicted molar refractivity (Wildman–Crippen MR) is 105 cm³/mol. The average Bonchev–Trinajstić information content (AvgIpc) is 2.69. The summed E-state index contributed by atoms with van der Waals surface area (Å²) in [5.41, 5.74) is 3.35. The summed E-state index contributed by atoms with van der Waals surface area (Å²) in [6.07, 6.45) is 1.56. The van der Waals surface area contributed by atoms with Crippen molar-refractivity contribution < 1.29 is 9.53 Å². The fourth-order valence-electron chi connectivity index (χ4n) is 2.45. The monoisotopic (exact) mass is 362 g/mol. The summed E-state index contributed by atoms with van der Waals surface area (Å²) in [6.45, 7) is 5.04. The Kier molecular flexibility index (Phi) is 5.99. The maximum atomic E-state index is 12.4. The summed E-state index contributed by atoms with van der Waals surface area (Å²) in [5.74, 6) is 0.920. The lowest BCUT2D eigenvalue weighted by atomic mass is 10.1. The second-order valence-electron chi connectivity index (χ2n) is 6.02. The lowest BCUT2D eigenvalue weighted by Crippen LogP contribution is -2.24. The number of amides is 1. The smallest absolute Gasteiger partial charge is 0.270 e. The number of hydrogen-bond donors (Lipinski definition) is 2. The standard InChI is InChI=1S/C21H22N4O2/c1-3-27-18-10-8-17(9-11-18)24-21-22-13-12-19(25-21)20(26)23-14-16-6-4-15(2)5-7-16/h4-13H,3,14H2,1-2H3,(H,23,26)(H,22,24,25). The van der Waals surface area contributed by atoms with E-state index in [4.69, 9.17) is 4.74 Å². The van der Waals surface area contributed by atoms with Crippen LogP contribution in [-0.2, 0) is 6.54 Å². The number of aryl methyl sites for hydroxylation is 1. The van der Waals surface area contributed by atoms with Crippen LogP contribution in [-0.4, -0.2) is 22.5 Å². The maximum Gasteiger partial charge on any atom is 0.270 e. The van der Waals surface area contributed by atoms with Crippen molar-refractivity contribution in [2.45, 2.75) is 20.4 Å². The summed E-state index contributed by atoms with van der Waals surface area (Å²) >= 11 is 0. The van der Waals surface area contributed by atoms with Gasteiger partial charge in [0.1, 0.15) is 11.4 Å². The number of anilines is 2. The number of rotatable bonds is 7. The van der Waals surface area contributed by atoms with E-state index < -0.39 is 0 Å². The third kappa shape index (κ3) is 5.28. The molecule has 0 atom stereocenters. The van der Waals surface area contributed by atoms with Gasteiger partial charge in [0.2, 0.25) is 5.95 Å². The fraction of sp³-hybridized carbons (Fsp3) is 0.190. The number of nitrogens with one attached hydrogen (secondary N) is 2. The molecular formula is C21H22N4O2. The van der Waals surface area contributed by atoms with E-state index in [0.29, 0.717) is 24.8 Å². The number of nitrogens with zero attached hydrogens (tertiary/aromatic N) is 2. The Labute approximate surface area is 158 Å². The first-order chi connectivity index (χ1) is 13.1. The van der Waals surface area contributed by atoms with Crippen LogP contribution in [0.1, 0.15) is 28.5 Å². The second-order valence-corrected chi connectivity index (χ2v) is 6.02. The van der Waals surface area contributed by atoms with Crippen molar-refractivity contribution >= 4 is 17.5 Å². The van der Waals surface area contributed by atoms with Crippen LogP contribution in [0.5, 0.6) is 5.75 Å². The predicted octanol–water partition coefficient (Wildman–Crippen LogP) is 3.86. The van der Waals surface area contributed by atoms with Gasteiger partial charge in [-0.15, -0.1) is 0 Å². The van der Waals surface area contributed by atoms with Gasteiger partial charge in [0.15, 0.2) is 0 Å². The van der Waals surface area contributed by atoms with Gasteiger partial charge in [0.25, 0.3) is 5.91 Å². The van der Waals surface area contributed by atoms with Crippen LogP contribution < -0.4 is 15.4 Å². The second kappa shape index (κ2) is 8.80. The van der Waals surface area contributed by atoms with Crippen molar-refractivity contribution in [2.24, 2.45) is 0 Å². The molecule has 2 N–H and O–H groups in total. The number of hydrogen-bond acceptors (Lipinski definition) is 5. The molecule has 1 heterocycles. The molecule has 0 bridgehead atoms. The molecule has 1 amide bonds. The van der Waals surface area contributed by atoms with E-state index in [1.165, 1.54) is 5.56 Å². The molecule has 3 rings (SSSR count). The molecule has 138 valence electrons. The zero-order valence-corrected chi connectivity index (χ0v) is 15.4. The summed E-state index contributed by atoms with van der Waals surface area (Å²) in [4.78, 5) is 20.8. The van der Waals surface area contributed by atoms with Crippen LogP contribution in [0.2, 0.25) is 0 Å². The van der Waals surface area contributed by atoms with E-state index in [-0.39, 0.29) is 5.91 Å². The van der Waals surface area contributed by atoms with E-state index in [2.05, 4.69) is 20.6 Å². The van der Waals surface area contributed by atoms with Crippen molar-refractivity contribution in [3.63, 3.8) is 0 Å². The molecule has 2 aromatic carbocycles. The molecule has 1 aromatic heterocycles. The molecule has 6 heteroatoms. The lowest BCUT2D eigenvalue weighted by Gasteiger charge is -2.08. The molecule has 0 spiro atoms. The first kappa shape index (κ1) is 18.4. The van der Waals surface area contributed by atoms with Gasteiger partial charge < -0.3 is 15.4 Å². The van der Waals surface area contributed by atoms with Crippen LogP contribution in [0.4, 0.5) is 11.6 Å². The largest absolute Gasteiger partial charge is 0.494 e. The topological polar surface area (TPSA) is 76.1 Å². The van der Waals surface area contributed by atoms with Gasteiger partial charge >= 0.3 is 0 Å². The summed E-state index contributed by atoms with van der Waals surface area (Å²) in [5, 5.41) is 5.96. The molecule has 0 aliphatic heterocycles. The zero-order valence-electron chi connectivity index (χ0n) is 15.4. The van der Waals surface area contributed by atoms with Gasteiger partial charge in [-0.2, -0.15) is 0 Å². The maximum absolute atomic E-state index is 12.4. The van der Waals surface area contributed by atoms with Crippen LogP contribution >= 0.6 is 0 Å². The van der Waals surface area contributed by atoms with Crippen LogP contribution in [0.15, 0.2) is 60.8 Å². The summed E-state index contributed by atoms with van der Waals surface area (Å²) in [6, 6.07) is 17.1. The third-order valence-electron chi connectivity index (χ3n) is 3.88. The molecule has 0 fully saturated rings. The molecule has 27 heavy (non-hydrogen) atoms. The Morgan fingerprint density at radius 1 is 1.04 bits per heavy atom. The average molecular weight is 362 g/mol. The normalized spacial score (nSPS) is 10.3. The van der Waals surface area contributed by atoms with E-state index >= 15 is 0 Å². The Balaban J connectivity index is 1.62. The minimum Gasteiger partial charge on any atom is -0.494 e. The Morgan fingerprint density at radius 2 is 1.78 bits per heavy atom. The Morgan fingerprint density at radius 3 is 2.48 bits per heavy atom. The Bertz CT molecular complexity index is 893. The Hall–Kier alpha value is -3.41. The lowest BCUT2D eigenvalue weighted by molar-refractivity contribution is 0.0946. The molecule has 0 saturated heterocycles. The van der Waals surface area contributed by atoms with Crippen molar-refractivity contribution in [3.05, 3.63) is 77.6 Å². The SMILES string of the molecule is CCOc1ccc(Nc2nccc(C(=O)NCc3ccc(C)cc3)n2)cc1. The van der Waals surface area contributed by atoms with Crippen LogP contribution in [0.25, 0.3) is 0 Å². The van der Waals surface area contributed by atoms with Gasteiger partial charge in [0, 0.05) is 18.4 Å². The number of benzene rings is 2. The highest BCUT2D eigenvalue weighted by molar-refractivity contribution is 5.92. The van der Waals surface area contributed by atoms with Crippen molar-refractivity contribution in [3.8, 4) is 5.75 Å². The summed E-state index contributed by atoms with van der Waals surface area (Å²) in [7, 11) is 0. The first-order valence-corrected chi connectivity index (χ1v) is 8.80. The molecule has 0 saturated carbocycles. The van der Waals surface area contributed by atoms with Crippen molar-refractivity contribution in [1.82, 2.24) is 15.3 Å². The molecular weight excluding hydrogens is 340 g/mol. The molecule has 6 nitrogen and oxygen atoms in total. The van der Waals surface area contributed by atoms with E-state index in [1.807, 2.05) is 62.4 Å².